The van der Waals surface area contributed by atoms with Gasteiger partial charge in [0.2, 0.25) is 0 Å². The number of aryl methyl sites for hydroxylation is 1. The van der Waals surface area contributed by atoms with Crippen molar-refractivity contribution in [3.63, 3.8) is 0 Å². The van der Waals surface area contributed by atoms with Crippen molar-refractivity contribution in [2.75, 3.05) is 0 Å². The Morgan fingerprint density at radius 2 is 2.20 bits per heavy atom. The van der Waals surface area contributed by atoms with Crippen molar-refractivity contribution in [3.05, 3.63) is 40.0 Å². The van der Waals surface area contributed by atoms with E-state index in [1.807, 2.05) is 35.9 Å². The third-order valence-corrected chi connectivity index (χ3v) is 2.89. The Hall–Kier alpha value is -1.11. The van der Waals surface area contributed by atoms with Crippen LogP contribution in [0.2, 0.25) is 0 Å². The largest absolute Gasteiger partial charge is 0.484 e. The Kier molecular flexibility index (Phi) is 3.20. The summed E-state index contributed by atoms with van der Waals surface area (Å²) in [7, 11) is 1.90. The lowest BCUT2D eigenvalue weighted by atomic mass is 10.3. The normalized spacial score (nSPS) is 10.3. The first-order valence-corrected chi connectivity index (χ1v) is 5.55. The molecule has 0 N–H and O–H groups in total. The van der Waals surface area contributed by atoms with Crippen LogP contribution in [-0.2, 0) is 13.7 Å². The molecule has 0 atom stereocenters. The first kappa shape index (κ1) is 10.4. The molecule has 15 heavy (non-hydrogen) atoms. The fourth-order valence-corrected chi connectivity index (χ4v) is 1.68. The molecule has 78 valence electrons. The summed E-state index contributed by atoms with van der Waals surface area (Å²) in [5.41, 5.74) is 0. The van der Waals surface area contributed by atoms with E-state index in [1.54, 1.807) is 6.33 Å². The maximum atomic E-state index is 5.63. The number of hydrogen-bond acceptors (Lipinski definition) is 3. The van der Waals surface area contributed by atoms with Crippen LogP contribution >= 0.6 is 22.6 Å². The summed E-state index contributed by atoms with van der Waals surface area (Å²) in [6.07, 6.45) is 1.66. The lowest BCUT2D eigenvalue weighted by molar-refractivity contribution is 0.289. The van der Waals surface area contributed by atoms with E-state index in [4.69, 9.17) is 4.74 Å². The Bertz CT molecular complexity index is 455. The standard InChI is InChI=1S/C10H10IN3O/c1-14-7-12-13-10(14)6-15-9-5-3-2-4-8(9)11/h2-5,7H,6H2,1H3. The summed E-state index contributed by atoms with van der Waals surface area (Å²) in [5.74, 6) is 1.69. The quantitative estimate of drug-likeness (QED) is 0.814. The second-order valence-electron chi connectivity index (χ2n) is 3.08. The van der Waals surface area contributed by atoms with Gasteiger partial charge in [0.05, 0.1) is 3.57 Å². The highest BCUT2D eigenvalue weighted by molar-refractivity contribution is 14.1. The first-order valence-electron chi connectivity index (χ1n) is 4.47. The van der Waals surface area contributed by atoms with E-state index in [1.165, 1.54) is 0 Å². The van der Waals surface area contributed by atoms with Gasteiger partial charge in [0.1, 0.15) is 18.7 Å². The van der Waals surface area contributed by atoms with Crippen molar-refractivity contribution in [3.8, 4) is 5.75 Å². The number of benzene rings is 1. The zero-order valence-corrected chi connectivity index (χ0v) is 10.4. The zero-order valence-electron chi connectivity index (χ0n) is 8.22. The molecule has 2 aromatic rings. The van der Waals surface area contributed by atoms with Gasteiger partial charge >= 0.3 is 0 Å². The van der Waals surface area contributed by atoms with Crippen molar-refractivity contribution in [2.24, 2.45) is 7.05 Å². The Balaban J connectivity index is 2.06. The van der Waals surface area contributed by atoms with Crippen LogP contribution in [0.5, 0.6) is 5.75 Å². The van der Waals surface area contributed by atoms with Crippen molar-refractivity contribution in [2.45, 2.75) is 6.61 Å². The van der Waals surface area contributed by atoms with Crippen LogP contribution < -0.4 is 4.74 Å². The molecule has 0 aliphatic heterocycles. The third-order valence-electron chi connectivity index (χ3n) is 2.00. The smallest absolute Gasteiger partial charge is 0.170 e. The van der Waals surface area contributed by atoms with Gasteiger partial charge in [0.15, 0.2) is 5.82 Å². The minimum atomic E-state index is 0.441. The summed E-state index contributed by atoms with van der Waals surface area (Å²) in [6.45, 7) is 0.441. The number of ether oxygens (including phenoxy) is 1. The van der Waals surface area contributed by atoms with Crippen LogP contribution in [0.25, 0.3) is 0 Å². The highest BCUT2D eigenvalue weighted by Crippen LogP contribution is 2.20. The summed E-state index contributed by atoms with van der Waals surface area (Å²) in [5, 5.41) is 7.73. The van der Waals surface area contributed by atoms with Gasteiger partial charge in [-0.2, -0.15) is 0 Å². The summed E-state index contributed by atoms with van der Waals surface area (Å²) >= 11 is 2.24. The highest BCUT2D eigenvalue weighted by atomic mass is 127. The summed E-state index contributed by atoms with van der Waals surface area (Å²) < 4.78 is 8.57. The molecule has 1 aromatic heterocycles. The SMILES string of the molecule is Cn1cnnc1COc1ccccc1I. The molecular formula is C10H10IN3O. The summed E-state index contributed by atoms with van der Waals surface area (Å²) in [6, 6.07) is 7.88. The number of halogens is 1. The Morgan fingerprint density at radius 1 is 1.40 bits per heavy atom. The predicted molar refractivity (Wildman–Crippen MR) is 64.5 cm³/mol. The average molecular weight is 315 g/mol. The lowest BCUT2D eigenvalue weighted by Crippen LogP contribution is -2.03. The average Bonchev–Trinajstić information content (AvgIpc) is 2.63. The number of hydrogen-bond donors (Lipinski definition) is 0. The molecular weight excluding hydrogens is 305 g/mol. The van der Waals surface area contributed by atoms with E-state index >= 15 is 0 Å². The maximum absolute atomic E-state index is 5.63. The molecule has 0 aliphatic rings. The van der Waals surface area contributed by atoms with Crippen molar-refractivity contribution in [1.29, 1.82) is 0 Å². The third kappa shape index (κ3) is 2.47. The molecule has 4 nitrogen and oxygen atoms in total. The van der Waals surface area contributed by atoms with Gasteiger partial charge in [0.25, 0.3) is 0 Å². The van der Waals surface area contributed by atoms with Gasteiger partial charge in [-0.25, -0.2) is 0 Å². The van der Waals surface area contributed by atoms with Gasteiger partial charge in [0, 0.05) is 7.05 Å². The van der Waals surface area contributed by atoms with E-state index in [-0.39, 0.29) is 0 Å². The van der Waals surface area contributed by atoms with E-state index in [0.29, 0.717) is 6.61 Å². The van der Waals surface area contributed by atoms with Crippen molar-refractivity contribution < 1.29 is 4.74 Å². The van der Waals surface area contributed by atoms with Crippen LogP contribution in [0.4, 0.5) is 0 Å². The summed E-state index contributed by atoms with van der Waals surface area (Å²) in [4.78, 5) is 0. The topological polar surface area (TPSA) is 39.9 Å². The molecule has 0 amide bonds. The molecule has 0 saturated heterocycles. The number of para-hydroxylation sites is 1. The Morgan fingerprint density at radius 3 is 2.87 bits per heavy atom. The molecule has 0 bridgehead atoms. The van der Waals surface area contributed by atoms with Crippen LogP contribution in [0.15, 0.2) is 30.6 Å². The van der Waals surface area contributed by atoms with Gasteiger partial charge < -0.3 is 9.30 Å². The lowest BCUT2D eigenvalue weighted by Gasteiger charge is -2.06. The van der Waals surface area contributed by atoms with E-state index in [2.05, 4.69) is 32.8 Å². The second kappa shape index (κ2) is 4.61. The molecule has 0 spiro atoms. The monoisotopic (exact) mass is 315 g/mol. The maximum Gasteiger partial charge on any atom is 0.170 e. The molecule has 0 aliphatic carbocycles. The molecule has 0 fully saturated rings. The Labute approximate surface area is 101 Å². The van der Waals surface area contributed by atoms with Crippen LogP contribution in [-0.4, -0.2) is 14.8 Å². The van der Waals surface area contributed by atoms with Gasteiger partial charge in [-0.3, -0.25) is 0 Å². The fraction of sp³-hybridized carbons (Fsp3) is 0.200. The van der Waals surface area contributed by atoms with Crippen LogP contribution in [0, 0.1) is 3.57 Å². The van der Waals surface area contributed by atoms with E-state index in [9.17, 15) is 0 Å². The number of rotatable bonds is 3. The van der Waals surface area contributed by atoms with Gasteiger partial charge in [-0.05, 0) is 34.7 Å². The molecule has 5 heteroatoms. The number of aromatic nitrogens is 3. The molecule has 0 radical (unpaired) electrons. The molecule has 0 saturated carbocycles. The van der Waals surface area contributed by atoms with Crippen molar-refractivity contribution in [1.82, 2.24) is 14.8 Å². The zero-order chi connectivity index (χ0) is 10.7. The highest BCUT2D eigenvalue weighted by Gasteiger charge is 2.03. The van der Waals surface area contributed by atoms with Crippen LogP contribution in [0.1, 0.15) is 5.82 Å². The van der Waals surface area contributed by atoms with E-state index < -0.39 is 0 Å². The molecule has 1 heterocycles. The van der Waals surface area contributed by atoms with Gasteiger partial charge in [-0.1, -0.05) is 12.1 Å². The van der Waals surface area contributed by atoms with Gasteiger partial charge in [-0.15, -0.1) is 10.2 Å². The molecule has 1 aromatic carbocycles. The first-order chi connectivity index (χ1) is 7.27. The molecule has 0 unspecified atom stereocenters. The molecule has 2 rings (SSSR count). The predicted octanol–water partition coefficient (Wildman–Crippen LogP) is 2.00. The minimum absolute atomic E-state index is 0.441. The van der Waals surface area contributed by atoms with Crippen LogP contribution in [0.3, 0.4) is 0 Å². The number of nitrogens with zero attached hydrogens (tertiary/aromatic N) is 3. The van der Waals surface area contributed by atoms with E-state index in [0.717, 1.165) is 15.1 Å². The second-order valence-corrected chi connectivity index (χ2v) is 4.24. The van der Waals surface area contributed by atoms with Crippen molar-refractivity contribution >= 4 is 22.6 Å². The minimum Gasteiger partial charge on any atom is -0.484 e. The fourth-order valence-electron chi connectivity index (χ4n) is 1.14.